The van der Waals surface area contributed by atoms with Crippen molar-refractivity contribution in [3.63, 3.8) is 0 Å². The molecule has 2 N–H and O–H groups in total. The average Bonchev–Trinajstić information content (AvgIpc) is 3.36. The number of aromatic nitrogens is 1. The summed E-state index contributed by atoms with van der Waals surface area (Å²) in [6, 6.07) is 22.4. The minimum Gasteiger partial charge on any atom is -0.508 e. The molecular formula is C40H47FN2O6. The molecule has 0 spiro atoms. The fourth-order valence-electron chi connectivity index (χ4n) is 6.60. The molecule has 260 valence electrons. The molecule has 2 unspecified atom stereocenters. The van der Waals surface area contributed by atoms with Crippen LogP contribution in [0.25, 0.3) is 22.4 Å². The summed E-state index contributed by atoms with van der Waals surface area (Å²) in [7, 11) is 0. The van der Waals surface area contributed by atoms with E-state index in [0.717, 1.165) is 28.1 Å². The summed E-state index contributed by atoms with van der Waals surface area (Å²) in [5.74, 6) is -1.87. The zero-order valence-corrected chi connectivity index (χ0v) is 29.4. The van der Waals surface area contributed by atoms with Gasteiger partial charge in [-0.15, -0.1) is 0 Å². The predicted molar refractivity (Wildman–Crippen MR) is 189 cm³/mol. The van der Waals surface area contributed by atoms with Crippen LogP contribution < -0.4 is 5.32 Å². The third kappa shape index (κ3) is 8.96. The summed E-state index contributed by atoms with van der Waals surface area (Å²) >= 11 is 0. The van der Waals surface area contributed by atoms with E-state index in [4.69, 9.17) is 14.2 Å². The number of phenols is 1. The van der Waals surface area contributed by atoms with Gasteiger partial charge < -0.3 is 29.2 Å². The van der Waals surface area contributed by atoms with Crippen LogP contribution in [-0.4, -0.2) is 45.1 Å². The van der Waals surface area contributed by atoms with Gasteiger partial charge in [0.05, 0.1) is 29.9 Å². The van der Waals surface area contributed by atoms with E-state index in [1.54, 1.807) is 24.3 Å². The summed E-state index contributed by atoms with van der Waals surface area (Å²) in [6.45, 7) is 13.8. The summed E-state index contributed by atoms with van der Waals surface area (Å²) in [5, 5.41) is 12.9. The SMILES string of the molecule is CC(C)c1c(C(=O)Nc2ccc(O)cc2)c(-c2ccccc2)c(-c2ccc(F)cc2)n1CCC1CC(CC(=O)OC(C)(C)C)OC(C)(C)O1. The number of rotatable bonds is 10. The molecule has 2 atom stereocenters. The van der Waals surface area contributed by atoms with Gasteiger partial charge in [0, 0.05) is 29.9 Å². The number of benzene rings is 3. The number of carbonyl (C=O) groups is 2. The van der Waals surface area contributed by atoms with Gasteiger partial charge in [-0.1, -0.05) is 44.2 Å². The van der Waals surface area contributed by atoms with E-state index < -0.39 is 11.4 Å². The Bertz CT molecular complexity index is 1760. The Labute approximate surface area is 288 Å². The van der Waals surface area contributed by atoms with E-state index >= 15 is 0 Å². The molecule has 0 radical (unpaired) electrons. The van der Waals surface area contributed by atoms with Gasteiger partial charge in [-0.3, -0.25) is 9.59 Å². The van der Waals surface area contributed by atoms with Gasteiger partial charge >= 0.3 is 5.97 Å². The summed E-state index contributed by atoms with van der Waals surface area (Å²) in [6.07, 6.45) is 0.525. The second kappa shape index (κ2) is 14.6. The van der Waals surface area contributed by atoms with E-state index in [0.29, 0.717) is 30.6 Å². The molecule has 4 aromatic rings. The number of nitrogens with one attached hydrogen (secondary N) is 1. The highest BCUT2D eigenvalue weighted by Crippen LogP contribution is 2.43. The third-order valence-corrected chi connectivity index (χ3v) is 8.30. The third-order valence-electron chi connectivity index (χ3n) is 8.30. The molecule has 0 aliphatic carbocycles. The maximum Gasteiger partial charge on any atom is 0.308 e. The van der Waals surface area contributed by atoms with Crippen molar-refractivity contribution in [2.45, 2.75) is 104 Å². The highest BCUT2D eigenvalue weighted by molar-refractivity contribution is 6.12. The quantitative estimate of drug-likeness (QED) is 0.129. The normalized spacial score (nSPS) is 17.6. The fraction of sp³-hybridized carbons (Fsp3) is 0.400. The van der Waals surface area contributed by atoms with Crippen molar-refractivity contribution in [2.75, 3.05) is 5.32 Å². The summed E-state index contributed by atoms with van der Waals surface area (Å²) in [4.78, 5) is 27.1. The maximum atomic E-state index is 14.4. The maximum absolute atomic E-state index is 14.4. The summed E-state index contributed by atoms with van der Waals surface area (Å²) < 4.78 is 34.6. The van der Waals surface area contributed by atoms with E-state index in [-0.39, 0.29) is 48.0 Å². The molecule has 1 fully saturated rings. The first-order chi connectivity index (χ1) is 23.1. The van der Waals surface area contributed by atoms with Crippen LogP contribution >= 0.6 is 0 Å². The van der Waals surface area contributed by atoms with Crippen molar-refractivity contribution in [3.05, 3.63) is 95.9 Å². The second-order valence-corrected chi connectivity index (χ2v) is 14.4. The molecule has 1 aromatic heterocycles. The van der Waals surface area contributed by atoms with Crippen LogP contribution in [0.5, 0.6) is 5.75 Å². The Morgan fingerprint density at radius 3 is 2.20 bits per heavy atom. The second-order valence-electron chi connectivity index (χ2n) is 14.4. The topological polar surface area (TPSA) is 99.0 Å². The minimum atomic E-state index is -0.919. The molecular weight excluding hydrogens is 623 g/mol. The number of phenolic OH excluding ortho intramolecular Hbond substituents is 1. The van der Waals surface area contributed by atoms with Crippen molar-refractivity contribution in [1.82, 2.24) is 4.57 Å². The molecule has 1 aliphatic rings. The number of hydrogen-bond acceptors (Lipinski definition) is 6. The number of carbonyl (C=O) groups excluding carboxylic acids is 2. The molecule has 2 heterocycles. The first-order valence-corrected chi connectivity index (χ1v) is 16.9. The number of ether oxygens (including phenoxy) is 3. The number of halogens is 1. The first-order valence-electron chi connectivity index (χ1n) is 16.9. The monoisotopic (exact) mass is 670 g/mol. The van der Waals surface area contributed by atoms with Crippen molar-refractivity contribution in [1.29, 1.82) is 0 Å². The molecule has 1 aliphatic heterocycles. The average molecular weight is 671 g/mol. The van der Waals surface area contributed by atoms with Gasteiger partial charge in [0.1, 0.15) is 17.2 Å². The van der Waals surface area contributed by atoms with Crippen molar-refractivity contribution >= 4 is 17.6 Å². The van der Waals surface area contributed by atoms with Gasteiger partial charge in [-0.25, -0.2) is 4.39 Å². The van der Waals surface area contributed by atoms with Crippen LogP contribution in [0.2, 0.25) is 0 Å². The van der Waals surface area contributed by atoms with Crippen LogP contribution in [0.15, 0.2) is 78.9 Å². The van der Waals surface area contributed by atoms with Crippen LogP contribution in [0, 0.1) is 5.82 Å². The lowest BCUT2D eigenvalue weighted by Gasteiger charge is -2.41. The lowest BCUT2D eigenvalue weighted by Crippen LogP contribution is -2.46. The molecule has 8 nitrogen and oxygen atoms in total. The lowest BCUT2D eigenvalue weighted by molar-refractivity contribution is -0.301. The molecule has 5 rings (SSSR count). The molecule has 0 bridgehead atoms. The highest BCUT2D eigenvalue weighted by Gasteiger charge is 2.38. The van der Waals surface area contributed by atoms with Crippen LogP contribution in [0.4, 0.5) is 10.1 Å². The Morgan fingerprint density at radius 1 is 0.959 bits per heavy atom. The van der Waals surface area contributed by atoms with Crippen LogP contribution in [-0.2, 0) is 25.5 Å². The number of hydrogen-bond donors (Lipinski definition) is 2. The fourth-order valence-corrected chi connectivity index (χ4v) is 6.60. The Morgan fingerprint density at radius 2 is 1.59 bits per heavy atom. The van der Waals surface area contributed by atoms with E-state index in [1.165, 1.54) is 24.3 Å². The van der Waals surface area contributed by atoms with Gasteiger partial charge in [-0.2, -0.15) is 0 Å². The summed E-state index contributed by atoms with van der Waals surface area (Å²) in [5.41, 5.74) is 4.43. The van der Waals surface area contributed by atoms with Crippen LogP contribution in [0.1, 0.15) is 89.7 Å². The van der Waals surface area contributed by atoms with Crippen molar-refractivity contribution < 1.29 is 33.3 Å². The number of anilines is 1. The zero-order valence-electron chi connectivity index (χ0n) is 29.4. The smallest absolute Gasteiger partial charge is 0.308 e. The molecule has 0 saturated carbocycles. The number of amides is 1. The van der Waals surface area contributed by atoms with E-state index in [9.17, 15) is 19.1 Å². The van der Waals surface area contributed by atoms with Crippen molar-refractivity contribution in [3.8, 4) is 28.1 Å². The molecule has 9 heteroatoms. The molecule has 1 saturated heterocycles. The van der Waals surface area contributed by atoms with E-state index in [1.807, 2.05) is 65.0 Å². The molecule has 3 aromatic carbocycles. The standard InChI is InChI=1S/C40H47FN2O6/c1-25(2)36-35(38(46)42-29-17-19-30(44)20-18-29)34(26-11-9-8-10-12-26)37(27-13-15-28(41)16-14-27)43(36)22-21-31-23-32(48-40(6,7)47-31)24-33(45)49-39(3,4)5/h8-20,25,31-32,44H,21-24H2,1-7H3,(H,42,46). The largest absolute Gasteiger partial charge is 0.508 e. The number of aromatic hydroxyl groups is 1. The van der Waals surface area contributed by atoms with Gasteiger partial charge in [0.2, 0.25) is 0 Å². The predicted octanol–water partition coefficient (Wildman–Crippen LogP) is 9.07. The number of nitrogens with zero attached hydrogens (tertiary/aromatic N) is 1. The van der Waals surface area contributed by atoms with Gasteiger partial charge in [-0.05, 0) is 107 Å². The minimum absolute atomic E-state index is 0.0795. The van der Waals surface area contributed by atoms with E-state index in [2.05, 4.69) is 23.7 Å². The van der Waals surface area contributed by atoms with Gasteiger partial charge in [0.25, 0.3) is 5.91 Å². The molecule has 49 heavy (non-hydrogen) atoms. The molecule has 1 amide bonds. The Hall–Kier alpha value is -4.47. The zero-order chi connectivity index (χ0) is 35.5. The lowest BCUT2D eigenvalue weighted by atomic mass is 9.94. The highest BCUT2D eigenvalue weighted by atomic mass is 19.1. The van der Waals surface area contributed by atoms with Crippen LogP contribution in [0.3, 0.4) is 0 Å². The van der Waals surface area contributed by atoms with Crippen molar-refractivity contribution in [2.24, 2.45) is 0 Å². The van der Waals surface area contributed by atoms with Gasteiger partial charge in [0.15, 0.2) is 5.79 Å². The first kappa shape index (κ1) is 35.8. The Balaban J connectivity index is 1.59. The number of esters is 1. The Kier molecular flexibility index (Phi) is 10.6.